The van der Waals surface area contributed by atoms with E-state index in [0.717, 1.165) is 64.2 Å². The molecule has 0 radical (unpaired) electrons. The van der Waals surface area contributed by atoms with E-state index in [1.807, 2.05) is 0 Å². The van der Waals surface area contributed by atoms with E-state index in [-0.39, 0.29) is 31.1 Å². The molecule has 0 rings (SSSR count). The molecule has 0 bridgehead atoms. The van der Waals surface area contributed by atoms with Crippen molar-refractivity contribution >= 4 is 17.9 Å². The molecule has 0 aliphatic heterocycles. The van der Waals surface area contributed by atoms with E-state index in [9.17, 15) is 14.4 Å². The van der Waals surface area contributed by atoms with Crippen LogP contribution in [-0.4, -0.2) is 37.2 Å². The number of hydrogen-bond donors (Lipinski definition) is 0. The molecule has 0 saturated heterocycles. The van der Waals surface area contributed by atoms with Crippen molar-refractivity contribution in [2.45, 2.75) is 309 Å². The van der Waals surface area contributed by atoms with Crippen LogP contribution in [0, 0.1) is 0 Å². The van der Waals surface area contributed by atoms with Crippen molar-refractivity contribution in [2.24, 2.45) is 0 Å². The van der Waals surface area contributed by atoms with E-state index in [0.29, 0.717) is 19.3 Å². The van der Waals surface area contributed by atoms with Gasteiger partial charge in [0.25, 0.3) is 0 Å². The highest BCUT2D eigenvalue weighted by molar-refractivity contribution is 5.71. The fourth-order valence-electron chi connectivity index (χ4n) is 8.18. The minimum absolute atomic E-state index is 0.0709. The lowest BCUT2D eigenvalue weighted by Gasteiger charge is -2.18. The lowest BCUT2D eigenvalue weighted by molar-refractivity contribution is -0.167. The fourth-order valence-corrected chi connectivity index (χ4v) is 8.18. The number of carbonyl (C=O) groups is 3. The van der Waals surface area contributed by atoms with Gasteiger partial charge < -0.3 is 14.2 Å². The lowest BCUT2D eigenvalue weighted by atomic mass is 10.0. The average molecular weight is 887 g/mol. The first-order chi connectivity index (χ1) is 31.0. The Hall–Kier alpha value is -2.11. The zero-order valence-corrected chi connectivity index (χ0v) is 42.4. The van der Waals surface area contributed by atoms with Gasteiger partial charge in [0, 0.05) is 19.3 Å². The Balaban J connectivity index is 4.29. The number of carbonyl (C=O) groups excluding carboxylic acids is 3. The molecule has 0 fully saturated rings. The van der Waals surface area contributed by atoms with Gasteiger partial charge in [0.05, 0.1) is 0 Å². The minimum atomic E-state index is -0.770. The largest absolute Gasteiger partial charge is 0.462 e. The van der Waals surface area contributed by atoms with Gasteiger partial charge in [0.15, 0.2) is 6.10 Å². The highest BCUT2D eigenvalue weighted by Gasteiger charge is 2.19. The van der Waals surface area contributed by atoms with Gasteiger partial charge in [-0.05, 0) is 64.2 Å². The maximum absolute atomic E-state index is 12.8. The third kappa shape index (κ3) is 50.7. The van der Waals surface area contributed by atoms with Crippen molar-refractivity contribution in [2.75, 3.05) is 13.2 Å². The molecule has 0 aliphatic rings. The molecule has 0 heterocycles. The fraction of sp³-hybridized carbons (Fsp3) is 0.877. The Morgan fingerprint density at radius 1 is 0.302 bits per heavy atom. The van der Waals surface area contributed by atoms with Crippen LogP contribution in [0.1, 0.15) is 303 Å². The maximum Gasteiger partial charge on any atom is 0.306 e. The average Bonchev–Trinajstić information content (AvgIpc) is 3.28. The molecule has 6 heteroatoms. The number of ether oxygens (including phenoxy) is 3. The van der Waals surface area contributed by atoms with E-state index < -0.39 is 6.10 Å². The van der Waals surface area contributed by atoms with Crippen LogP contribution in [-0.2, 0) is 28.6 Å². The van der Waals surface area contributed by atoms with Gasteiger partial charge in [0.1, 0.15) is 13.2 Å². The second kappa shape index (κ2) is 52.5. The summed E-state index contributed by atoms with van der Waals surface area (Å²) in [6, 6.07) is 0. The van der Waals surface area contributed by atoms with Gasteiger partial charge in [-0.1, -0.05) is 244 Å². The van der Waals surface area contributed by atoms with Crippen molar-refractivity contribution < 1.29 is 28.6 Å². The Bertz CT molecular complexity index is 1020. The van der Waals surface area contributed by atoms with Crippen molar-refractivity contribution in [1.82, 2.24) is 0 Å². The van der Waals surface area contributed by atoms with Crippen LogP contribution in [0.15, 0.2) is 24.3 Å². The van der Waals surface area contributed by atoms with Gasteiger partial charge in [-0.2, -0.15) is 0 Å². The second-order valence-electron chi connectivity index (χ2n) is 18.8. The molecule has 0 N–H and O–H groups in total. The lowest BCUT2D eigenvalue weighted by Crippen LogP contribution is -2.30. The molecule has 1 unspecified atom stereocenters. The molecule has 63 heavy (non-hydrogen) atoms. The summed E-state index contributed by atoms with van der Waals surface area (Å²) in [6.45, 7) is 6.63. The third-order valence-electron chi connectivity index (χ3n) is 12.4. The molecule has 0 spiro atoms. The van der Waals surface area contributed by atoms with Crippen molar-refractivity contribution in [3.8, 4) is 0 Å². The van der Waals surface area contributed by atoms with Crippen molar-refractivity contribution in [1.29, 1.82) is 0 Å². The molecule has 0 aromatic rings. The number of esters is 3. The van der Waals surface area contributed by atoms with E-state index in [4.69, 9.17) is 14.2 Å². The monoisotopic (exact) mass is 887 g/mol. The third-order valence-corrected chi connectivity index (χ3v) is 12.4. The molecule has 0 aromatic carbocycles. The molecular formula is C57H106O6. The van der Waals surface area contributed by atoms with E-state index in [1.54, 1.807) is 0 Å². The Morgan fingerprint density at radius 2 is 0.540 bits per heavy atom. The first-order valence-electron chi connectivity index (χ1n) is 27.8. The number of unbranched alkanes of at least 4 members (excludes halogenated alkanes) is 36. The number of rotatable bonds is 51. The molecule has 0 aliphatic carbocycles. The summed E-state index contributed by atoms with van der Waals surface area (Å²) in [6.07, 6.45) is 60.2. The van der Waals surface area contributed by atoms with Gasteiger partial charge in [-0.15, -0.1) is 0 Å². The molecule has 1 atom stereocenters. The van der Waals surface area contributed by atoms with Crippen LogP contribution < -0.4 is 0 Å². The summed E-state index contributed by atoms with van der Waals surface area (Å²) in [5.74, 6) is -0.866. The molecule has 0 aromatic heterocycles. The molecule has 0 saturated carbocycles. The summed E-state index contributed by atoms with van der Waals surface area (Å²) in [5.41, 5.74) is 0. The molecule has 6 nitrogen and oxygen atoms in total. The molecule has 370 valence electrons. The van der Waals surface area contributed by atoms with Crippen molar-refractivity contribution in [3.63, 3.8) is 0 Å². The Kier molecular flexibility index (Phi) is 50.8. The first-order valence-corrected chi connectivity index (χ1v) is 27.8. The first kappa shape index (κ1) is 60.9. The topological polar surface area (TPSA) is 78.9 Å². The summed E-state index contributed by atoms with van der Waals surface area (Å²) in [4.78, 5) is 38.0. The van der Waals surface area contributed by atoms with Crippen LogP contribution in [0.4, 0.5) is 0 Å². The molecule has 0 amide bonds. The quantitative estimate of drug-likeness (QED) is 0.0262. The number of hydrogen-bond acceptors (Lipinski definition) is 6. The SMILES string of the molecule is CCCC/C=C\CCCCCCCC(=O)OCC(COC(=O)CCCCCCCCCCC/C=C\CCCCCCCC)OC(=O)CCCCCCCCCCCCCCCCC. The highest BCUT2D eigenvalue weighted by Crippen LogP contribution is 2.16. The minimum Gasteiger partial charge on any atom is -0.462 e. The standard InChI is InChI=1S/C57H106O6/c1-4-7-10-13-16-19-22-24-26-27-28-29-31-32-35-38-41-44-47-50-56(59)62-53-54(52-61-55(58)49-46-43-40-37-34-21-18-15-12-9-6-3)63-57(60)51-48-45-42-39-36-33-30-25-23-20-17-14-11-8-5-2/h15,18,24,26,54H,4-14,16-17,19-23,25,27-53H2,1-3H3/b18-15-,26-24-. The van der Waals surface area contributed by atoms with Gasteiger partial charge in [-0.3, -0.25) is 14.4 Å². The van der Waals surface area contributed by atoms with Crippen molar-refractivity contribution in [3.05, 3.63) is 24.3 Å². The summed E-state index contributed by atoms with van der Waals surface area (Å²) >= 11 is 0. The summed E-state index contributed by atoms with van der Waals surface area (Å²) < 4.78 is 16.8. The Labute approximate surface area is 392 Å². The second-order valence-corrected chi connectivity index (χ2v) is 18.8. The van der Waals surface area contributed by atoms with Gasteiger partial charge >= 0.3 is 17.9 Å². The van der Waals surface area contributed by atoms with Gasteiger partial charge in [-0.25, -0.2) is 0 Å². The zero-order valence-electron chi connectivity index (χ0n) is 42.4. The highest BCUT2D eigenvalue weighted by atomic mass is 16.6. The summed E-state index contributed by atoms with van der Waals surface area (Å²) in [5, 5.41) is 0. The van der Waals surface area contributed by atoms with Crippen LogP contribution in [0.25, 0.3) is 0 Å². The van der Waals surface area contributed by atoms with Crippen LogP contribution in [0.3, 0.4) is 0 Å². The van der Waals surface area contributed by atoms with Crippen LogP contribution in [0.5, 0.6) is 0 Å². The predicted octanol–water partition coefficient (Wildman–Crippen LogP) is 18.3. The maximum atomic E-state index is 12.8. The van der Waals surface area contributed by atoms with Crippen LogP contribution >= 0.6 is 0 Å². The number of allylic oxidation sites excluding steroid dienone is 4. The predicted molar refractivity (Wildman–Crippen MR) is 270 cm³/mol. The van der Waals surface area contributed by atoms with E-state index in [2.05, 4.69) is 45.1 Å². The van der Waals surface area contributed by atoms with E-state index in [1.165, 1.54) is 199 Å². The molecular weight excluding hydrogens is 781 g/mol. The van der Waals surface area contributed by atoms with Crippen LogP contribution in [0.2, 0.25) is 0 Å². The van der Waals surface area contributed by atoms with E-state index >= 15 is 0 Å². The smallest absolute Gasteiger partial charge is 0.306 e. The Morgan fingerprint density at radius 3 is 0.841 bits per heavy atom. The zero-order chi connectivity index (χ0) is 45.8. The summed E-state index contributed by atoms with van der Waals surface area (Å²) in [7, 11) is 0. The van der Waals surface area contributed by atoms with Gasteiger partial charge in [0.2, 0.25) is 0 Å². The normalized spacial score (nSPS) is 12.1.